The minimum atomic E-state index is 0.251. The SMILES string of the molecule is C=NN(C(=C)/C(C)=C/C=C(\C)N)C(C)C. The molecule has 0 atom stereocenters. The van der Waals surface area contributed by atoms with E-state index in [1.165, 1.54) is 0 Å². The molecule has 0 unspecified atom stereocenters. The zero-order valence-corrected chi connectivity index (χ0v) is 10.1. The predicted molar refractivity (Wildman–Crippen MR) is 67.4 cm³/mol. The molecule has 84 valence electrons. The van der Waals surface area contributed by atoms with Gasteiger partial charge in [-0.1, -0.05) is 12.7 Å². The van der Waals surface area contributed by atoms with Crippen LogP contribution in [0.4, 0.5) is 0 Å². The van der Waals surface area contributed by atoms with Gasteiger partial charge in [0.05, 0.1) is 5.70 Å². The molecule has 0 fully saturated rings. The maximum atomic E-state index is 5.55. The van der Waals surface area contributed by atoms with Crippen LogP contribution in [0.25, 0.3) is 0 Å². The fourth-order valence-corrected chi connectivity index (χ4v) is 1.09. The van der Waals surface area contributed by atoms with Crippen LogP contribution in [0.5, 0.6) is 0 Å². The second-order valence-corrected chi connectivity index (χ2v) is 3.79. The fraction of sp³-hybridized carbons (Fsp3) is 0.417. The van der Waals surface area contributed by atoms with Crippen molar-refractivity contribution in [1.29, 1.82) is 0 Å². The van der Waals surface area contributed by atoms with Gasteiger partial charge in [0.2, 0.25) is 0 Å². The zero-order valence-electron chi connectivity index (χ0n) is 10.1. The highest BCUT2D eigenvalue weighted by Crippen LogP contribution is 2.16. The smallest absolute Gasteiger partial charge is 0.0554 e. The molecule has 15 heavy (non-hydrogen) atoms. The van der Waals surface area contributed by atoms with E-state index in [0.717, 1.165) is 17.0 Å². The topological polar surface area (TPSA) is 41.6 Å². The number of allylic oxidation sites excluding steroid dienone is 4. The summed E-state index contributed by atoms with van der Waals surface area (Å²) >= 11 is 0. The lowest BCUT2D eigenvalue weighted by molar-refractivity contribution is 0.308. The molecule has 0 spiro atoms. The summed E-state index contributed by atoms with van der Waals surface area (Å²) in [6.07, 6.45) is 3.78. The molecule has 0 rings (SSSR count). The van der Waals surface area contributed by atoms with Gasteiger partial charge >= 0.3 is 0 Å². The molecule has 3 nitrogen and oxygen atoms in total. The maximum Gasteiger partial charge on any atom is 0.0554 e. The standard InChI is InChI=1S/C12H21N3/c1-9(2)15(14-6)12(5)10(3)7-8-11(4)13/h7-9H,5-6,13H2,1-4H3/b10-7+,11-8+. The van der Waals surface area contributed by atoms with Crippen molar-refractivity contribution >= 4 is 6.72 Å². The summed E-state index contributed by atoms with van der Waals surface area (Å²) in [5.41, 5.74) is 8.19. The van der Waals surface area contributed by atoms with Crippen LogP contribution < -0.4 is 5.73 Å². The normalized spacial score (nSPS) is 12.9. The van der Waals surface area contributed by atoms with Crippen molar-refractivity contribution in [3.8, 4) is 0 Å². The van der Waals surface area contributed by atoms with Crippen molar-refractivity contribution in [2.24, 2.45) is 10.8 Å². The third-order valence-corrected chi connectivity index (χ3v) is 1.97. The molecule has 0 aliphatic heterocycles. The summed E-state index contributed by atoms with van der Waals surface area (Å²) in [4.78, 5) is 0. The molecular weight excluding hydrogens is 186 g/mol. The van der Waals surface area contributed by atoms with Crippen LogP contribution in [0.1, 0.15) is 27.7 Å². The Kier molecular flexibility index (Phi) is 5.45. The molecule has 0 aromatic carbocycles. The summed E-state index contributed by atoms with van der Waals surface area (Å²) < 4.78 is 0. The summed E-state index contributed by atoms with van der Waals surface area (Å²) in [6, 6.07) is 0.251. The minimum absolute atomic E-state index is 0.251. The largest absolute Gasteiger partial charge is 0.402 e. The Hall–Kier alpha value is -1.51. The number of nitrogens with two attached hydrogens (primary N) is 1. The van der Waals surface area contributed by atoms with Gasteiger partial charge in [-0.25, -0.2) is 0 Å². The van der Waals surface area contributed by atoms with E-state index in [0.29, 0.717) is 0 Å². The first-order valence-corrected chi connectivity index (χ1v) is 4.96. The Morgan fingerprint density at radius 3 is 2.20 bits per heavy atom. The van der Waals surface area contributed by atoms with E-state index < -0.39 is 0 Å². The molecule has 0 aliphatic rings. The zero-order chi connectivity index (χ0) is 12.0. The number of rotatable bonds is 5. The molecule has 0 aromatic heterocycles. The van der Waals surface area contributed by atoms with Crippen LogP contribution >= 0.6 is 0 Å². The van der Waals surface area contributed by atoms with Gasteiger partial charge in [-0.05, 0) is 39.3 Å². The molecule has 0 aliphatic carbocycles. The third-order valence-electron chi connectivity index (χ3n) is 1.97. The molecule has 0 amide bonds. The van der Waals surface area contributed by atoms with Crippen LogP contribution in [0.3, 0.4) is 0 Å². The van der Waals surface area contributed by atoms with Crippen molar-refractivity contribution in [2.75, 3.05) is 0 Å². The van der Waals surface area contributed by atoms with Crippen molar-refractivity contribution in [3.63, 3.8) is 0 Å². The van der Waals surface area contributed by atoms with Crippen molar-refractivity contribution in [2.45, 2.75) is 33.7 Å². The Bertz CT molecular complexity index is 294. The summed E-state index contributed by atoms with van der Waals surface area (Å²) in [5, 5.41) is 5.71. The summed E-state index contributed by atoms with van der Waals surface area (Å²) in [6.45, 7) is 15.4. The van der Waals surface area contributed by atoms with Crippen LogP contribution in [0.2, 0.25) is 0 Å². The first-order valence-electron chi connectivity index (χ1n) is 4.96. The second-order valence-electron chi connectivity index (χ2n) is 3.79. The van der Waals surface area contributed by atoms with E-state index in [1.807, 2.05) is 39.8 Å². The van der Waals surface area contributed by atoms with Crippen molar-refractivity contribution < 1.29 is 0 Å². The molecule has 0 saturated carbocycles. The van der Waals surface area contributed by atoms with Gasteiger partial charge in [0.15, 0.2) is 0 Å². The van der Waals surface area contributed by atoms with Gasteiger partial charge < -0.3 is 5.73 Å². The Morgan fingerprint density at radius 1 is 1.33 bits per heavy atom. The van der Waals surface area contributed by atoms with Gasteiger partial charge in [-0.15, -0.1) is 0 Å². The lowest BCUT2D eigenvalue weighted by Gasteiger charge is -2.25. The lowest BCUT2D eigenvalue weighted by atomic mass is 10.2. The molecular formula is C12H21N3. The lowest BCUT2D eigenvalue weighted by Crippen LogP contribution is -2.24. The Balaban J connectivity index is 4.77. The summed E-state index contributed by atoms with van der Waals surface area (Å²) in [5.74, 6) is 0. The summed E-state index contributed by atoms with van der Waals surface area (Å²) in [7, 11) is 0. The first-order chi connectivity index (χ1) is 6.90. The molecule has 0 heterocycles. The number of hydrogen-bond donors (Lipinski definition) is 1. The predicted octanol–water partition coefficient (Wildman–Crippen LogP) is 2.63. The van der Waals surface area contributed by atoms with Gasteiger partial charge in [-0.2, -0.15) is 5.10 Å². The first kappa shape index (κ1) is 13.5. The highest BCUT2D eigenvalue weighted by atomic mass is 15.5. The number of hydrogen-bond acceptors (Lipinski definition) is 3. The average molecular weight is 207 g/mol. The number of hydrazone groups is 1. The van der Waals surface area contributed by atoms with Crippen LogP contribution in [0, 0.1) is 0 Å². The van der Waals surface area contributed by atoms with E-state index in [1.54, 1.807) is 5.01 Å². The minimum Gasteiger partial charge on any atom is -0.402 e. The van der Waals surface area contributed by atoms with Crippen LogP contribution in [-0.4, -0.2) is 17.8 Å². The number of nitrogens with zero attached hydrogens (tertiary/aromatic N) is 2. The van der Waals surface area contributed by atoms with Crippen LogP contribution in [-0.2, 0) is 0 Å². The van der Waals surface area contributed by atoms with E-state index in [4.69, 9.17) is 5.73 Å². The molecule has 0 aromatic rings. The molecule has 0 radical (unpaired) electrons. The maximum absolute atomic E-state index is 5.55. The van der Waals surface area contributed by atoms with Crippen molar-refractivity contribution in [3.05, 3.63) is 35.7 Å². The highest BCUT2D eigenvalue weighted by Gasteiger charge is 2.10. The van der Waals surface area contributed by atoms with E-state index in [2.05, 4.69) is 18.4 Å². The third kappa shape index (κ3) is 4.49. The Labute approximate surface area is 92.6 Å². The van der Waals surface area contributed by atoms with Crippen LogP contribution in [0.15, 0.2) is 40.8 Å². The van der Waals surface area contributed by atoms with E-state index in [-0.39, 0.29) is 6.04 Å². The van der Waals surface area contributed by atoms with Gasteiger partial charge in [0, 0.05) is 18.5 Å². The highest BCUT2D eigenvalue weighted by molar-refractivity contribution is 5.31. The fourth-order valence-electron chi connectivity index (χ4n) is 1.09. The van der Waals surface area contributed by atoms with E-state index in [9.17, 15) is 0 Å². The Morgan fingerprint density at radius 2 is 1.87 bits per heavy atom. The van der Waals surface area contributed by atoms with E-state index >= 15 is 0 Å². The quantitative estimate of drug-likeness (QED) is 0.428. The monoisotopic (exact) mass is 207 g/mol. The van der Waals surface area contributed by atoms with Crippen molar-refractivity contribution in [1.82, 2.24) is 5.01 Å². The van der Waals surface area contributed by atoms with Gasteiger partial charge in [0.25, 0.3) is 0 Å². The average Bonchev–Trinajstić information content (AvgIpc) is 2.14. The van der Waals surface area contributed by atoms with Gasteiger partial charge in [0.1, 0.15) is 0 Å². The molecule has 3 heteroatoms. The molecule has 2 N–H and O–H groups in total. The second kappa shape index (κ2) is 6.06. The molecule has 0 bridgehead atoms. The van der Waals surface area contributed by atoms with Gasteiger partial charge in [-0.3, -0.25) is 5.01 Å². The molecule has 0 saturated heterocycles.